The summed E-state index contributed by atoms with van der Waals surface area (Å²) in [6.45, 7) is 9.57. The third kappa shape index (κ3) is 4.60. The van der Waals surface area contributed by atoms with E-state index in [1.54, 1.807) is 0 Å². The summed E-state index contributed by atoms with van der Waals surface area (Å²) in [5.74, 6) is 0.214. The molecule has 0 fully saturated rings. The van der Waals surface area contributed by atoms with E-state index < -0.39 is 0 Å². The zero-order valence-electron chi connectivity index (χ0n) is 13.0. The van der Waals surface area contributed by atoms with Crippen LogP contribution in [-0.4, -0.2) is 22.1 Å². The first-order valence-electron chi connectivity index (χ1n) is 7.24. The van der Waals surface area contributed by atoms with Gasteiger partial charge in [0.25, 0.3) is 0 Å². The number of nitrogens with zero attached hydrogens (tertiary/aromatic N) is 2. The Morgan fingerprint density at radius 2 is 2.05 bits per heavy atom. The first-order chi connectivity index (χ1) is 9.30. The average Bonchev–Trinajstić information content (AvgIpc) is 2.64. The smallest absolute Gasteiger partial charge is 0.138 e. The average molecular weight is 300 g/mol. The van der Waals surface area contributed by atoms with Crippen LogP contribution in [0, 0.1) is 12.3 Å². The molecule has 114 valence electrons. The van der Waals surface area contributed by atoms with Gasteiger partial charge in [0.2, 0.25) is 0 Å². The van der Waals surface area contributed by atoms with Crippen LogP contribution in [0.25, 0.3) is 0 Å². The van der Waals surface area contributed by atoms with Crippen LogP contribution in [0.15, 0.2) is 0 Å². The summed E-state index contributed by atoms with van der Waals surface area (Å²) in [6, 6.07) is 0. The Labute approximate surface area is 126 Å². The lowest BCUT2D eigenvalue weighted by molar-refractivity contribution is -0.119. The lowest BCUT2D eigenvalue weighted by atomic mass is 9.83. The van der Waals surface area contributed by atoms with Gasteiger partial charge in [-0.1, -0.05) is 25.4 Å². The molecule has 0 aliphatic heterocycles. The maximum atomic E-state index is 12.2. The molecule has 1 aromatic rings. The van der Waals surface area contributed by atoms with Crippen LogP contribution in [0.3, 0.4) is 0 Å². The Morgan fingerprint density at radius 1 is 1.40 bits per heavy atom. The Kier molecular flexibility index (Phi) is 6.21. The normalized spacial score (nSPS) is 11.9. The highest BCUT2D eigenvalue weighted by Gasteiger charge is 2.20. The van der Waals surface area contributed by atoms with Gasteiger partial charge in [-0.15, -0.1) is 0 Å². The number of nitrogens with two attached hydrogens (primary N) is 1. The molecular weight excluding hydrogens is 274 g/mol. The summed E-state index contributed by atoms with van der Waals surface area (Å²) in [5, 5.41) is 4.96. The Balaban J connectivity index is 2.63. The highest BCUT2D eigenvalue weighted by molar-refractivity contribution is 6.32. The Bertz CT molecular complexity index is 466. The second-order valence-corrected chi connectivity index (χ2v) is 6.46. The van der Waals surface area contributed by atoms with Crippen molar-refractivity contribution in [3.63, 3.8) is 0 Å². The topological polar surface area (TPSA) is 60.9 Å². The molecule has 0 aliphatic carbocycles. The van der Waals surface area contributed by atoms with Gasteiger partial charge in [0.15, 0.2) is 0 Å². The van der Waals surface area contributed by atoms with E-state index in [1.165, 1.54) is 0 Å². The zero-order chi connectivity index (χ0) is 15.3. The number of hydrogen-bond donors (Lipinski definition) is 1. The summed E-state index contributed by atoms with van der Waals surface area (Å²) >= 11 is 6.22. The molecule has 0 aromatic carbocycles. The monoisotopic (exact) mass is 299 g/mol. The van der Waals surface area contributed by atoms with Gasteiger partial charge in [-0.2, -0.15) is 5.10 Å². The van der Waals surface area contributed by atoms with Crippen LogP contribution in [0.1, 0.15) is 51.4 Å². The second-order valence-electron chi connectivity index (χ2n) is 6.08. The minimum Gasteiger partial charge on any atom is -0.330 e. The number of aromatic nitrogens is 2. The van der Waals surface area contributed by atoms with Crippen molar-refractivity contribution in [2.45, 2.75) is 59.9 Å². The fraction of sp³-hybridized carbons (Fsp3) is 0.733. The first kappa shape index (κ1) is 17.2. The number of Topliss-reactive ketones (excluding diaryl/α,β-unsaturated/α-hetero) is 1. The predicted molar refractivity (Wildman–Crippen MR) is 83.0 cm³/mol. The van der Waals surface area contributed by atoms with Gasteiger partial charge in [0.1, 0.15) is 5.78 Å². The number of hydrogen-bond acceptors (Lipinski definition) is 3. The molecule has 0 amide bonds. The van der Waals surface area contributed by atoms with E-state index in [0.717, 1.165) is 30.8 Å². The van der Waals surface area contributed by atoms with Crippen molar-refractivity contribution < 1.29 is 4.79 Å². The molecule has 5 heteroatoms. The molecular formula is C15H26ClN3O. The standard InChI is InChI=1S/C15H26ClN3O/c1-5-19-13(14(16)11(2)18-19)10-12(20)6-7-15(3,4)8-9-17/h5-10,17H2,1-4H3. The van der Waals surface area contributed by atoms with E-state index in [4.69, 9.17) is 17.3 Å². The molecule has 0 unspecified atom stereocenters. The van der Waals surface area contributed by atoms with E-state index in [1.807, 2.05) is 18.5 Å². The number of carbonyl (C=O) groups excluding carboxylic acids is 1. The van der Waals surface area contributed by atoms with Crippen molar-refractivity contribution in [1.29, 1.82) is 0 Å². The third-order valence-corrected chi connectivity index (χ3v) is 4.21. The molecule has 4 nitrogen and oxygen atoms in total. The number of halogens is 1. The molecule has 0 spiro atoms. The SMILES string of the molecule is CCn1nc(C)c(Cl)c1CC(=O)CCC(C)(C)CCN. The summed E-state index contributed by atoms with van der Waals surface area (Å²) in [4.78, 5) is 12.2. The van der Waals surface area contributed by atoms with Crippen molar-refractivity contribution in [3.8, 4) is 0 Å². The molecule has 0 aliphatic rings. The van der Waals surface area contributed by atoms with Gasteiger partial charge in [-0.3, -0.25) is 9.48 Å². The molecule has 0 radical (unpaired) electrons. The zero-order valence-corrected chi connectivity index (χ0v) is 13.8. The summed E-state index contributed by atoms with van der Waals surface area (Å²) in [6.07, 6.45) is 2.73. The lowest BCUT2D eigenvalue weighted by Gasteiger charge is -2.23. The molecule has 2 N–H and O–H groups in total. The van der Waals surface area contributed by atoms with E-state index >= 15 is 0 Å². The number of carbonyl (C=O) groups is 1. The summed E-state index contributed by atoms with van der Waals surface area (Å²) < 4.78 is 1.82. The van der Waals surface area contributed by atoms with Gasteiger partial charge in [0, 0.05) is 19.4 Å². The molecule has 1 heterocycles. The van der Waals surface area contributed by atoms with Crippen molar-refractivity contribution in [2.75, 3.05) is 6.54 Å². The molecule has 0 saturated heterocycles. The maximum Gasteiger partial charge on any atom is 0.138 e. The highest BCUT2D eigenvalue weighted by Crippen LogP contribution is 2.27. The van der Waals surface area contributed by atoms with Crippen LogP contribution in [0.2, 0.25) is 5.02 Å². The van der Waals surface area contributed by atoms with Crippen LogP contribution in [-0.2, 0) is 17.8 Å². The fourth-order valence-electron chi connectivity index (χ4n) is 2.31. The summed E-state index contributed by atoms with van der Waals surface area (Å²) in [5.41, 5.74) is 7.34. The quantitative estimate of drug-likeness (QED) is 0.802. The highest BCUT2D eigenvalue weighted by atomic mass is 35.5. The minimum absolute atomic E-state index is 0.120. The van der Waals surface area contributed by atoms with Crippen LogP contribution in [0.5, 0.6) is 0 Å². The van der Waals surface area contributed by atoms with Crippen molar-refractivity contribution in [2.24, 2.45) is 11.1 Å². The number of aryl methyl sites for hydroxylation is 2. The molecule has 0 bridgehead atoms. The molecule has 1 aromatic heterocycles. The van der Waals surface area contributed by atoms with E-state index in [0.29, 0.717) is 24.4 Å². The van der Waals surface area contributed by atoms with Gasteiger partial charge >= 0.3 is 0 Å². The van der Waals surface area contributed by atoms with E-state index in [9.17, 15) is 4.79 Å². The van der Waals surface area contributed by atoms with Gasteiger partial charge in [-0.05, 0) is 38.6 Å². The van der Waals surface area contributed by atoms with Crippen LogP contribution < -0.4 is 5.73 Å². The molecule has 0 saturated carbocycles. The second kappa shape index (κ2) is 7.23. The van der Waals surface area contributed by atoms with E-state index in [2.05, 4.69) is 18.9 Å². The summed E-state index contributed by atoms with van der Waals surface area (Å²) in [7, 11) is 0. The van der Waals surface area contributed by atoms with Gasteiger partial charge < -0.3 is 5.73 Å². The Morgan fingerprint density at radius 3 is 2.60 bits per heavy atom. The maximum absolute atomic E-state index is 12.2. The van der Waals surface area contributed by atoms with E-state index in [-0.39, 0.29) is 11.2 Å². The molecule has 0 atom stereocenters. The van der Waals surface area contributed by atoms with Gasteiger partial charge in [0.05, 0.1) is 16.4 Å². The molecule has 1 rings (SSSR count). The first-order valence-corrected chi connectivity index (χ1v) is 7.62. The largest absolute Gasteiger partial charge is 0.330 e. The fourth-order valence-corrected chi connectivity index (χ4v) is 2.51. The number of ketones is 1. The van der Waals surface area contributed by atoms with Crippen LogP contribution in [0.4, 0.5) is 0 Å². The van der Waals surface area contributed by atoms with Gasteiger partial charge in [-0.25, -0.2) is 0 Å². The van der Waals surface area contributed by atoms with Crippen molar-refractivity contribution in [3.05, 3.63) is 16.4 Å². The van der Waals surface area contributed by atoms with Crippen LogP contribution >= 0.6 is 11.6 Å². The molecule has 20 heavy (non-hydrogen) atoms. The minimum atomic E-state index is 0.120. The van der Waals surface area contributed by atoms with Crippen molar-refractivity contribution in [1.82, 2.24) is 9.78 Å². The Hall–Kier alpha value is -0.870. The third-order valence-electron chi connectivity index (χ3n) is 3.72. The lowest BCUT2D eigenvalue weighted by Crippen LogP contribution is -2.19. The predicted octanol–water partition coefficient (Wildman–Crippen LogP) is 3.13. The van der Waals surface area contributed by atoms with Crippen molar-refractivity contribution >= 4 is 17.4 Å². The number of rotatable bonds is 8.